The maximum Gasteiger partial charge on any atom is 0.269 e. The maximum atomic E-state index is 12.3. The largest absolute Gasteiger partial charge is 0.381 e. The van der Waals surface area contributed by atoms with E-state index in [2.05, 4.69) is 5.32 Å². The molecule has 22 heavy (non-hydrogen) atoms. The van der Waals surface area contributed by atoms with Gasteiger partial charge in [0.2, 0.25) is 5.91 Å². The zero-order valence-electron chi connectivity index (χ0n) is 12.4. The summed E-state index contributed by atoms with van der Waals surface area (Å²) in [6.45, 7) is 1.93. The van der Waals surface area contributed by atoms with Crippen molar-refractivity contribution >= 4 is 11.6 Å². The van der Waals surface area contributed by atoms with Crippen LogP contribution in [0.3, 0.4) is 0 Å². The molecule has 0 radical (unpaired) electrons. The number of hydrogen-bond donors (Lipinski definition) is 2. The number of hydrogen-bond acceptors (Lipinski definition) is 5. The molecule has 2 rings (SSSR count). The highest BCUT2D eigenvalue weighted by Crippen LogP contribution is 2.29. The predicted octanol–water partition coefficient (Wildman–Crippen LogP) is 1.01. The van der Waals surface area contributed by atoms with E-state index >= 15 is 0 Å². The van der Waals surface area contributed by atoms with Crippen LogP contribution < -0.4 is 11.1 Å². The van der Waals surface area contributed by atoms with Gasteiger partial charge in [-0.05, 0) is 24.8 Å². The number of nitrogens with one attached hydrogen (secondary N) is 1. The van der Waals surface area contributed by atoms with E-state index in [0.717, 1.165) is 5.56 Å². The Bertz CT molecular complexity index is 524. The Morgan fingerprint density at radius 2 is 1.95 bits per heavy atom. The molecule has 0 atom stereocenters. The van der Waals surface area contributed by atoms with Crippen molar-refractivity contribution in [1.82, 2.24) is 5.32 Å². The van der Waals surface area contributed by atoms with Crippen LogP contribution in [-0.4, -0.2) is 37.1 Å². The summed E-state index contributed by atoms with van der Waals surface area (Å²) >= 11 is 0. The Labute approximate surface area is 129 Å². The second kappa shape index (κ2) is 7.33. The summed E-state index contributed by atoms with van der Waals surface area (Å²) < 4.78 is 5.29. The molecule has 1 aromatic carbocycles. The molecule has 1 saturated heterocycles. The van der Waals surface area contributed by atoms with Gasteiger partial charge in [-0.25, -0.2) is 0 Å². The summed E-state index contributed by atoms with van der Waals surface area (Å²) in [4.78, 5) is 22.5. The molecule has 1 aromatic rings. The fourth-order valence-corrected chi connectivity index (χ4v) is 2.58. The van der Waals surface area contributed by atoms with E-state index in [1.807, 2.05) is 0 Å². The molecule has 0 saturated carbocycles. The lowest BCUT2D eigenvalue weighted by Gasteiger charge is -2.34. The fraction of sp³-hybridized carbons (Fsp3) is 0.533. The number of amides is 1. The predicted molar refractivity (Wildman–Crippen MR) is 81.4 cm³/mol. The number of nitro benzene ring substituents is 1. The molecule has 7 heteroatoms. The van der Waals surface area contributed by atoms with Crippen molar-refractivity contribution in [2.24, 2.45) is 11.1 Å². The number of carbonyl (C=O) groups is 1. The van der Waals surface area contributed by atoms with E-state index in [1.54, 1.807) is 12.1 Å². The van der Waals surface area contributed by atoms with Gasteiger partial charge in [-0.3, -0.25) is 14.9 Å². The van der Waals surface area contributed by atoms with Gasteiger partial charge in [0.25, 0.3) is 5.69 Å². The van der Waals surface area contributed by atoms with Crippen molar-refractivity contribution in [3.63, 3.8) is 0 Å². The molecule has 120 valence electrons. The van der Waals surface area contributed by atoms with Crippen molar-refractivity contribution in [3.8, 4) is 0 Å². The minimum Gasteiger partial charge on any atom is -0.381 e. The Kier molecular flexibility index (Phi) is 5.46. The van der Waals surface area contributed by atoms with Crippen molar-refractivity contribution in [1.29, 1.82) is 0 Å². The minimum atomic E-state index is -0.520. The van der Waals surface area contributed by atoms with E-state index in [-0.39, 0.29) is 11.6 Å². The van der Waals surface area contributed by atoms with Gasteiger partial charge < -0.3 is 15.8 Å². The van der Waals surface area contributed by atoms with Gasteiger partial charge >= 0.3 is 0 Å². The molecule has 1 amide bonds. The van der Waals surface area contributed by atoms with Crippen molar-refractivity contribution in [2.75, 3.05) is 26.3 Å². The van der Waals surface area contributed by atoms with Gasteiger partial charge in [0.1, 0.15) is 0 Å². The number of non-ortho nitro benzene ring substituents is 1. The second-order valence-corrected chi connectivity index (χ2v) is 5.53. The molecule has 1 aliphatic rings. The zero-order valence-corrected chi connectivity index (χ0v) is 12.4. The molecule has 0 unspecified atom stereocenters. The molecule has 0 aromatic heterocycles. The van der Waals surface area contributed by atoms with Gasteiger partial charge in [0.05, 0.1) is 10.3 Å². The summed E-state index contributed by atoms with van der Waals surface area (Å²) in [5.74, 6) is -0.0276. The SMILES string of the molecule is NCC1(C(=O)NCCc2ccc([N+](=O)[O-])cc2)CCOCC1. The molecular formula is C15H21N3O4. The second-order valence-electron chi connectivity index (χ2n) is 5.53. The number of ether oxygens (including phenoxy) is 1. The van der Waals surface area contributed by atoms with E-state index in [9.17, 15) is 14.9 Å². The molecular weight excluding hydrogens is 286 g/mol. The third kappa shape index (κ3) is 3.80. The lowest BCUT2D eigenvalue weighted by molar-refractivity contribution is -0.384. The Morgan fingerprint density at radius 3 is 2.50 bits per heavy atom. The van der Waals surface area contributed by atoms with Crippen LogP contribution in [-0.2, 0) is 16.0 Å². The van der Waals surface area contributed by atoms with Crippen LogP contribution in [0.2, 0.25) is 0 Å². The van der Waals surface area contributed by atoms with Gasteiger partial charge in [0.15, 0.2) is 0 Å². The summed E-state index contributed by atoms with van der Waals surface area (Å²) in [7, 11) is 0. The van der Waals surface area contributed by atoms with Gasteiger partial charge in [-0.15, -0.1) is 0 Å². The Balaban J connectivity index is 1.84. The molecule has 1 heterocycles. The fourth-order valence-electron chi connectivity index (χ4n) is 2.58. The first-order valence-electron chi connectivity index (χ1n) is 7.37. The van der Waals surface area contributed by atoms with Gasteiger partial charge in [0, 0.05) is 38.4 Å². The first-order valence-corrected chi connectivity index (χ1v) is 7.37. The molecule has 1 aliphatic heterocycles. The van der Waals surface area contributed by atoms with E-state index in [4.69, 9.17) is 10.5 Å². The number of rotatable bonds is 6. The minimum absolute atomic E-state index is 0.0276. The van der Waals surface area contributed by atoms with Crippen LogP contribution in [0.15, 0.2) is 24.3 Å². The smallest absolute Gasteiger partial charge is 0.269 e. The first-order chi connectivity index (χ1) is 10.6. The number of nitrogens with zero attached hydrogens (tertiary/aromatic N) is 1. The monoisotopic (exact) mass is 307 g/mol. The number of carbonyl (C=O) groups excluding carboxylic acids is 1. The van der Waals surface area contributed by atoms with Crippen LogP contribution in [0.1, 0.15) is 18.4 Å². The van der Waals surface area contributed by atoms with Crippen molar-refractivity contribution in [2.45, 2.75) is 19.3 Å². The van der Waals surface area contributed by atoms with Gasteiger partial charge in [-0.1, -0.05) is 12.1 Å². The highest BCUT2D eigenvalue weighted by Gasteiger charge is 2.38. The maximum absolute atomic E-state index is 12.3. The number of nitrogens with two attached hydrogens (primary N) is 1. The highest BCUT2D eigenvalue weighted by molar-refractivity contribution is 5.83. The van der Waals surface area contributed by atoms with Crippen LogP contribution in [0.25, 0.3) is 0 Å². The van der Waals surface area contributed by atoms with Crippen LogP contribution in [0.5, 0.6) is 0 Å². The lowest BCUT2D eigenvalue weighted by Crippen LogP contribution is -2.49. The molecule has 7 nitrogen and oxygen atoms in total. The van der Waals surface area contributed by atoms with Crippen LogP contribution in [0.4, 0.5) is 5.69 Å². The van der Waals surface area contributed by atoms with Crippen LogP contribution >= 0.6 is 0 Å². The molecule has 1 fully saturated rings. The Hall–Kier alpha value is -1.99. The van der Waals surface area contributed by atoms with Crippen LogP contribution in [0, 0.1) is 15.5 Å². The highest BCUT2D eigenvalue weighted by atomic mass is 16.6. The van der Waals surface area contributed by atoms with Gasteiger partial charge in [-0.2, -0.15) is 0 Å². The molecule has 0 aliphatic carbocycles. The van der Waals surface area contributed by atoms with E-state index in [0.29, 0.717) is 45.6 Å². The third-order valence-corrected chi connectivity index (χ3v) is 4.17. The third-order valence-electron chi connectivity index (χ3n) is 4.17. The normalized spacial score (nSPS) is 17.0. The summed E-state index contributed by atoms with van der Waals surface area (Å²) in [6.07, 6.45) is 1.92. The first kappa shape index (κ1) is 16.4. The Morgan fingerprint density at radius 1 is 1.32 bits per heavy atom. The zero-order chi connectivity index (χ0) is 16.0. The summed E-state index contributed by atoms with van der Waals surface area (Å²) in [5, 5.41) is 13.5. The van der Waals surface area contributed by atoms with Crippen molar-refractivity contribution < 1.29 is 14.5 Å². The quantitative estimate of drug-likeness (QED) is 0.602. The molecule has 3 N–H and O–H groups in total. The number of benzene rings is 1. The summed E-state index contributed by atoms with van der Waals surface area (Å²) in [5.41, 5.74) is 6.28. The number of nitro groups is 1. The average molecular weight is 307 g/mol. The molecule has 0 bridgehead atoms. The van der Waals surface area contributed by atoms with E-state index < -0.39 is 10.3 Å². The molecule has 0 spiro atoms. The standard InChI is InChI=1S/C15H21N3O4/c16-11-15(6-9-22-10-7-15)14(19)17-8-5-12-1-3-13(4-2-12)18(20)21/h1-4H,5-11,16H2,(H,17,19). The van der Waals surface area contributed by atoms with E-state index in [1.165, 1.54) is 12.1 Å². The topological polar surface area (TPSA) is 107 Å². The average Bonchev–Trinajstić information content (AvgIpc) is 2.55. The lowest BCUT2D eigenvalue weighted by atomic mass is 9.79. The van der Waals surface area contributed by atoms with Crippen molar-refractivity contribution in [3.05, 3.63) is 39.9 Å². The summed E-state index contributed by atoms with van der Waals surface area (Å²) in [6, 6.07) is 6.35.